The van der Waals surface area contributed by atoms with E-state index in [1.165, 1.54) is 0 Å². The third-order valence-electron chi connectivity index (χ3n) is 4.03. The number of hydrogen-bond donors (Lipinski definition) is 1. The molecule has 1 heterocycles. The van der Waals surface area contributed by atoms with Crippen molar-refractivity contribution in [3.63, 3.8) is 0 Å². The Kier molecular flexibility index (Phi) is 4.83. The van der Waals surface area contributed by atoms with E-state index in [1.54, 1.807) is 28.6 Å². The molecule has 1 aromatic rings. The largest absolute Gasteiger partial charge is 0.392 e. The monoisotopic (exact) mass is 297 g/mol. The molecule has 0 aliphatic carbocycles. The van der Waals surface area contributed by atoms with Crippen molar-refractivity contribution in [1.82, 2.24) is 4.31 Å². The van der Waals surface area contributed by atoms with E-state index in [-0.39, 0.29) is 24.4 Å². The minimum absolute atomic E-state index is 0.0156. The van der Waals surface area contributed by atoms with Crippen molar-refractivity contribution < 1.29 is 13.5 Å². The van der Waals surface area contributed by atoms with E-state index >= 15 is 0 Å². The molecule has 5 heteroatoms. The van der Waals surface area contributed by atoms with E-state index in [0.717, 1.165) is 30.4 Å². The van der Waals surface area contributed by atoms with Crippen LogP contribution in [-0.2, 0) is 22.4 Å². The van der Waals surface area contributed by atoms with Gasteiger partial charge in [-0.05, 0) is 37.3 Å². The Morgan fingerprint density at radius 3 is 2.65 bits per heavy atom. The van der Waals surface area contributed by atoms with Crippen LogP contribution in [0.3, 0.4) is 0 Å². The van der Waals surface area contributed by atoms with Crippen LogP contribution in [0.25, 0.3) is 0 Å². The van der Waals surface area contributed by atoms with Crippen molar-refractivity contribution in [3.05, 3.63) is 35.4 Å². The molecule has 1 aromatic carbocycles. The minimum atomic E-state index is -3.30. The summed E-state index contributed by atoms with van der Waals surface area (Å²) in [7, 11) is -3.30. The van der Waals surface area contributed by atoms with Gasteiger partial charge in [-0.3, -0.25) is 0 Å². The Morgan fingerprint density at radius 1 is 1.30 bits per heavy atom. The third kappa shape index (κ3) is 3.22. The van der Waals surface area contributed by atoms with Crippen molar-refractivity contribution in [1.29, 1.82) is 0 Å². The van der Waals surface area contributed by atoms with E-state index in [4.69, 9.17) is 5.11 Å². The number of benzene rings is 1. The van der Waals surface area contributed by atoms with Crippen LogP contribution in [0.5, 0.6) is 0 Å². The van der Waals surface area contributed by atoms with Crippen LogP contribution in [0, 0.1) is 0 Å². The molecule has 4 nitrogen and oxygen atoms in total. The Hall–Kier alpha value is -0.910. The van der Waals surface area contributed by atoms with Crippen LogP contribution >= 0.6 is 0 Å². The van der Waals surface area contributed by atoms with Gasteiger partial charge in [0.25, 0.3) is 0 Å². The van der Waals surface area contributed by atoms with Crippen LogP contribution in [0.4, 0.5) is 0 Å². The molecule has 0 amide bonds. The van der Waals surface area contributed by atoms with Gasteiger partial charge in [0, 0.05) is 12.1 Å². The molecule has 2 atom stereocenters. The summed E-state index contributed by atoms with van der Waals surface area (Å²) in [6.45, 7) is 3.96. The lowest BCUT2D eigenvalue weighted by atomic mass is 10.1. The lowest BCUT2D eigenvalue weighted by Crippen LogP contribution is -2.40. The lowest BCUT2D eigenvalue weighted by Gasteiger charge is -2.27. The van der Waals surface area contributed by atoms with E-state index in [1.807, 2.05) is 13.8 Å². The molecule has 1 saturated heterocycles. The summed E-state index contributed by atoms with van der Waals surface area (Å²) in [6.07, 6.45) is 2.75. The Bertz CT molecular complexity index is 556. The minimum Gasteiger partial charge on any atom is -0.392 e. The summed E-state index contributed by atoms with van der Waals surface area (Å²) in [5.41, 5.74) is 1.49. The zero-order chi connectivity index (χ0) is 14.8. The highest BCUT2D eigenvalue weighted by Crippen LogP contribution is 2.30. The molecule has 0 spiro atoms. The summed E-state index contributed by atoms with van der Waals surface area (Å²) in [5.74, 6) is 0.0156. The SMILES string of the molecule is CCC1CCC(C)N1S(=O)(=O)Cc1cccc(CO)c1. The predicted octanol–water partition coefficient (Wildman–Crippen LogP) is 2.27. The van der Waals surface area contributed by atoms with Crippen molar-refractivity contribution in [3.8, 4) is 0 Å². The summed E-state index contributed by atoms with van der Waals surface area (Å²) in [6, 6.07) is 7.38. The maximum Gasteiger partial charge on any atom is 0.218 e. The van der Waals surface area contributed by atoms with E-state index in [9.17, 15) is 8.42 Å². The number of hydrogen-bond acceptors (Lipinski definition) is 3. The van der Waals surface area contributed by atoms with Gasteiger partial charge in [0.05, 0.1) is 12.4 Å². The molecular weight excluding hydrogens is 274 g/mol. The Morgan fingerprint density at radius 2 is 2.00 bits per heavy atom. The normalized spacial score (nSPS) is 24.1. The molecule has 0 aromatic heterocycles. The summed E-state index contributed by atoms with van der Waals surface area (Å²) in [4.78, 5) is 0. The predicted molar refractivity (Wildman–Crippen MR) is 79.6 cm³/mol. The smallest absolute Gasteiger partial charge is 0.218 e. The number of aliphatic hydroxyl groups is 1. The quantitative estimate of drug-likeness (QED) is 0.907. The molecule has 0 saturated carbocycles. The van der Waals surface area contributed by atoms with Crippen molar-refractivity contribution in [2.45, 2.75) is 57.6 Å². The van der Waals surface area contributed by atoms with Crippen LogP contribution in [0.2, 0.25) is 0 Å². The summed E-state index contributed by atoms with van der Waals surface area (Å²) in [5, 5.41) is 9.13. The van der Waals surface area contributed by atoms with Gasteiger partial charge in [0.2, 0.25) is 10.0 Å². The first-order valence-corrected chi connectivity index (χ1v) is 8.78. The molecule has 20 heavy (non-hydrogen) atoms. The number of rotatable bonds is 5. The Balaban J connectivity index is 2.22. The second-order valence-electron chi connectivity index (χ2n) is 5.55. The maximum atomic E-state index is 12.6. The average Bonchev–Trinajstić information content (AvgIpc) is 2.80. The molecule has 1 aliphatic heterocycles. The second-order valence-corrected chi connectivity index (χ2v) is 7.43. The van der Waals surface area contributed by atoms with Crippen LogP contribution in [0.1, 0.15) is 44.2 Å². The Labute approximate surface area is 121 Å². The molecule has 1 aliphatic rings. The van der Waals surface area contributed by atoms with Crippen LogP contribution < -0.4 is 0 Å². The highest BCUT2D eigenvalue weighted by Gasteiger charge is 2.37. The fourth-order valence-corrected chi connectivity index (χ4v) is 5.15. The highest BCUT2D eigenvalue weighted by molar-refractivity contribution is 7.88. The summed E-state index contributed by atoms with van der Waals surface area (Å²) < 4.78 is 27.0. The van der Waals surface area contributed by atoms with Gasteiger partial charge in [-0.2, -0.15) is 4.31 Å². The number of sulfonamides is 1. The zero-order valence-electron chi connectivity index (χ0n) is 12.1. The van der Waals surface area contributed by atoms with Crippen LogP contribution in [0.15, 0.2) is 24.3 Å². The molecule has 112 valence electrons. The molecular formula is C15H23NO3S. The van der Waals surface area contributed by atoms with Crippen LogP contribution in [-0.4, -0.2) is 29.9 Å². The average molecular weight is 297 g/mol. The maximum absolute atomic E-state index is 12.6. The molecule has 0 bridgehead atoms. The molecule has 2 rings (SSSR count). The van der Waals surface area contributed by atoms with Gasteiger partial charge in [-0.15, -0.1) is 0 Å². The molecule has 1 N–H and O–H groups in total. The fourth-order valence-electron chi connectivity index (χ4n) is 3.04. The molecule has 1 fully saturated rings. The molecule has 2 unspecified atom stereocenters. The number of nitrogens with zero attached hydrogens (tertiary/aromatic N) is 1. The molecule has 0 radical (unpaired) electrons. The standard InChI is InChI=1S/C15H23NO3S/c1-3-15-8-7-12(2)16(15)20(18,19)11-14-6-4-5-13(9-14)10-17/h4-6,9,12,15,17H,3,7-8,10-11H2,1-2H3. The van der Waals surface area contributed by atoms with E-state index < -0.39 is 10.0 Å². The summed E-state index contributed by atoms with van der Waals surface area (Å²) >= 11 is 0. The van der Waals surface area contributed by atoms with E-state index in [0.29, 0.717) is 0 Å². The second kappa shape index (κ2) is 6.24. The third-order valence-corrected chi connectivity index (χ3v) is 6.03. The topological polar surface area (TPSA) is 57.6 Å². The highest BCUT2D eigenvalue weighted by atomic mass is 32.2. The first kappa shape index (κ1) is 15.5. The van der Waals surface area contributed by atoms with Gasteiger partial charge in [0.15, 0.2) is 0 Å². The fraction of sp³-hybridized carbons (Fsp3) is 0.600. The first-order valence-electron chi connectivity index (χ1n) is 7.17. The van der Waals surface area contributed by atoms with Crippen molar-refractivity contribution in [2.75, 3.05) is 0 Å². The van der Waals surface area contributed by atoms with Crippen molar-refractivity contribution >= 4 is 10.0 Å². The van der Waals surface area contributed by atoms with E-state index in [2.05, 4.69) is 0 Å². The van der Waals surface area contributed by atoms with Crippen molar-refractivity contribution in [2.24, 2.45) is 0 Å². The van der Waals surface area contributed by atoms with Gasteiger partial charge in [0.1, 0.15) is 0 Å². The van der Waals surface area contributed by atoms with Gasteiger partial charge in [-0.1, -0.05) is 31.2 Å². The number of aliphatic hydroxyl groups excluding tert-OH is 1. The first-order chi connectivity index (χ1) is 9.47. The van der Waals surface area contributed by atoms with Gasteiger partial charge in [-0.25, -0.2) is 8.42 Å². The van der Waals surface area contributed by atoms with Gasteiger partial charge >= 0.3 is 0 Å². The lowest BCUT2D eigenvalue weighted by molar-refractivity contribution is 0.281. The van der Waals surface area contributed by atoms with Gasteiger partial charge < -0.3 is 5.11 Å². The zero-order valence-corrected chi connectivity index (χ0v) is 12.9.